The third kappa shape index (κ3) is 2.77. The summed E-state index contributed by atoms with van der Waals surface area (Å²) in [4.78, 5) is 13.7. The Kier molecular flexibility index (Phi) is 3.64. The number of rotatable bonds is 2. The van der Waals surface area contributed by atoms with E-state index < -0.39 is 0 Å². The van der Waals surface area contributed by atoms with Crippen molar-refractivity contribution in [2.75, 3.05) is 6.54 Å². The molecule has 2 heterocycles. The predicted octanol–water partition coefficient (Wildman–Crippen LogP) is 2.78. The minimum atomic E-state index is -0.247. The Morgan fingerprint density at radius 2 is 2.05 bits per heavy atom. The van der Waals surface area contributed by atoms with Crippen LogP contribution in [0.15, 0.2) is 36.5 Å². The molecule has 1 aromatic carbocycles. The fraction of sp³-hybridized carbons (Fsp3) is 0.375. The van der Waals surface area contributed by atoms with Crippen molar-refractivity contribution in [2.45, 2.75) is 32.9 Å². The lowest BCUT2D eigenvalue weighted by atomic mass is 10.1. The maximum absolute atomic E-state index is 12.0. The topological polar surface area (TPSA) is 47.4 Å². The Morgan fingerprint density at radius 3 is 2.76 bits per heavy atom. The quantitative estimate of drug-likeness (QED) is 0.852. The summed E-state index contributed by atoms with van der Waals surface area (Å²) in [6, 6.07) is 10.1. The van der Waals surface area contributed by atoms with Crippen LogP contribution in [0.25, 0.3) is 5.69 Å². The van der Waals surface area contributed by atoms with Gasteiger partial charge in [0.05, 0.1) is 30.2 Å². The van der Waals surface area contributed by atoms with E-state index in [1.807, 2.05) is 55.1 Å². The van der Waals surface area contributed by atoms with E-state index in [1.54, 1.807) is 4.90 Å². The monoisotopic (exact) mass is 285 g/mol. The number of amides is 1. The van der Waals surface area contributed by atoms with Crippen LogP contribution in [0.4, 0.5) is 4.79 Å². The maximum Gasteiger partial charge on any atom is 0.410 e. The number of ether oxygens (including phenoxy) is 1. The van der Waals surface area contributed by atoms with Crippen molar-refractivity contribution < 1.29 is 9.53 Å². The van der Waals surface area contributed by atoms with Crippen LogP contribution in [0.2, 0.25) is 0 Å². The lowest BCUT2D eigenvalue weighted by molar-refractivity contribution is 0.0728. The highest BCUT2D eigenvalue weighted by molar-refractivity contribution is 5.68. The van der Waals surface area contributed by atoms with Crippen LogP contribution in [-0.4, -0.2) is 33.4 Å². The molecule has 0 N–H and O–H groups in total. The molecule has 5 heteroatoms. The zero-order valence-corrected chi connectivity index (χ0v) is 12.3. The van der Waals surface area contributed by atoms with Gasteiger partial charge in [-0.25, -0.2) is 9.48 Å². The van der Waals surface area contributed by atoms with Gasteiger partial charge in [0, 0.05) is 18.5 Å². The number of hydrogen-bond acceptors (Lipinski definition) is 3. The van der Waals surface area contributed by atoms with Gasteiger partial charge >= 0.3 is 6.09 Å². The summed E-state index contributed by atoms with van der Waals surface area (Å²) in [6.07, 6.45) is 2.29. The molecule has 1 amide bonds. The van der Waals surface area contributed by atoms with E-state index in [-0.39, 0.29) is 12.2 Å². The summed E-state index contributed by atoms with van der Waals surface area (Å²) >= 11 is 0. The summed E-state index contributed by atoms with van der Waals surface area (Å²) in [5.41, 5.74) is 3.32. The minimum absolute atomic E-state index is 0.0917. The summed E-state index contributed by atoms with van der Waals surface area (Å²) < 4.78 is 7.21. The summed E-state index contributed by atoms with van der Waals surface area (Å²) in [6.45, 7) is 4.95. The Hall–Kier alpha value is -2.30. The van der Waals surface area contributed by atoms with Gasteiger partial charge in [0.15, 0.2) is 0 Å². The molecule has 3 rings (SSSR count). The Morgan fingerprint density at radius 1 is 1.29 bits per heavy atom. The zero-order chi connectivity index (χ0) is 14.8. The molecule has 21 heavy (non-hydrogen) atoms. The molecular formula is C16H19N3O2. The molecule has 5 nitrogen and oxygen atoms in total. The van der Waals surface area contributed by atoms with Crippen molar-refractivity contribution in [2.24, 2.45) is 0 Å². The first-order valence-corrected chi connectivity index (χ1v) is 7.22. The fourth-order valence-corrected chi connectivity index (χ4v) is 2.56. The first kappa shape index (κ1) is 13.7. The number of aromatic nitrogens is 2. The molecule has 1 aliphatic heterocycles. The van der Waals surface area contributed by atoms with Gasteiger partial charge in [-0.3, -0.25) is 0 Å². The highest BCUT2D eigenvalue weighted by atomic mass is 16.6. The molecule has 0 saturated carbocycles. The molecule has 0 bridgehead atoms. The predicted molar refractivity (Wildman–Crippen MR) is 79.3 cm³/mol. The lowest BCUT2D eigenvalue weighted by Crippen LogP contribution is -2.37. The van der Waals surface area contributed by atoms with E-state index >= 15 is 0 Å². The van der Waals surface area contributed by atoms with Gasteiger partial charge in [-0.05, 0) is 26.0 Å². The molecule has 110 valence electrons. The van der Waals surface area contributed by atoms with Gasteiger partial charge in [-0.15, -0.1) is 0 Å². The maximum atomic E-state index is 12.0. The third-order valence-corrected chi connectivity index (χ3v) is 3.53. The summed E-state index contributed by atoms with van der Waals surface area (Å²) in [5.74, 6) is 0. The molecule has 0 aliphatic carbocycles. The van der Waals surface area contributed by atoms with Crippen LogP contribution in [0, 0.1) is 0 Å². The van der Waals surface area contributed by atoms with Crippen LogP contribution in [0.3, 0.4) is 0 Å². The van der Waals surface area contributed by atoms with E-state index in [1.165, 1.54) is 5.69 Å². The number of para-hydroxylation sites is 1. The van der Waals surface area contributed by atoms with Crippen molar-refractivity contribution in [1.82, 2.24) is 14.7 Å². The summed E-state index contributed by atoms with van der Waals surface area (Å²) in [5, 5.41) is 4.46. The van der Waals surface area contributed by atoms with E-state index in [9.17, 15) is 4.79 Å². The van der Waals surface area contributed by atoms with E-state index in [2.05, 4.69) is 5.10 Å². The van der Waals surface area contributed by atoms with Gasteiger partial charge in [0.2, 0.25) is 0 Å². The van der Waals surface area contributed by atoms with E-state index in [4.69, 9.17) is 4.74 Å². The van der Waals surface area contributed by atoms with Crippen molar-refractivity contribution in [3.63, 3.8) is 0 Å². The molecule has 1 aliphatic rings. The lowest BCUT2D eigenvalue weighted by Gasteiger charge is -2.27. The van der Waals surface area contributed by atoms with Gasteiger partial charge in [0.1, 0.15) is 0 Å². The van der Waals surface area contributed by atoms with Crippen molar-refractivity contribution in [3.05, 3.63) is 47.8 Å². The van der Waals surface area contributed by atoms with E-state index in [0.717, 1.165) is 17.7 Å². The molecule has 0 unspecified atom stereocenters. The number of hydrogen-bond donors (Lipinski definition) is 0. The number of carbonyl (C=O) groups is 1. The van der Waals surface area contributed by atoms with Gasteiger partial charge in [-0.2, -0.15) is 5.10 Å². The number of benzene rings is 1. The second-order valence-electron chi connectivity index (χ2n) is 5.47. The molecule has 0 spiro atoms. The van der Waals surface area contributed by atoms with Gasteiger partial charge in [0.25, 0.3) is 0 Å². The fourth-order valence-electron chi connectivity index (χ4n) is 2.56. The Balaban J connectivity index is 1.80. The first-order valence-electron chi connectivity index (χ1n) is 7.22. The normalized spacial score (nSPS) is 14.1. The smallest absolute Gasteiger partial charge is 0.410 e. The highest BCUT2D eigenvalue weighted by Gasteiger charge is 2.25. The van der Waals surface area contributed by atoms with E-state index in [0.29, 0.717) is 13.1 Å². The molecule has 0 radical (unpaired) electrons. The number of fused-ring (bicyclic) bond motifs is 1. The SMILES string of the molecule is CC(C)OC(=O)N1CCc2c(cnn2-c2ccccc2)C1. The third-order valence-electron chi connectivity index (χ3n) is 3.53. The standard InChI is InChI=1S/C16H19N3O2/c1-12(2)21-16(20)18-9-8-15-13(11-18)10-17-19(15)14-6-4-3-5-7-14/h3-7,10,12H,8-9,11H2,1-2H3. The molecule has 2 aromatic rings. The van der Waals surface area contributed by atoms with Crippen LogP contribution < -0.4 is 0 Å². The average Bonchev–Trinajstić information content (AvgIpc) is 2.90. The first-order chi connectivity index (χ1) is 10.1. The van der Waals surface area contributed by atoms with Crippen molar-refractivity contribution in [3.8, 4) is 5.69 Å². The Labute approximate surface area is 124 Å². The zero-order valence-electron chi connectivity index (χ0n) is 12.3. The molecule has 0 fully saturated rings. The molecule has 1 aromatic heterocycles. The van der Waals surface area contributed by atoms with Crippen molar-refractivity contribution >= 4 is 6.09 Å². The van der Waals surface area contributed by atoms with Gasteiger partial charge in [-0.1, -0.05) is 18.2 Å². The Bertz CT molecular complexity index is 634. The van der Waals surface area contributed by atoms with Crippen LogP contribution in [-0.2, 0) is 17.7 Å². The molecular weight excluding hydrogens is 266 g/mol. The minimum Gasteiger partial charge on any atom is -0.447 e. The second kappa shape index (κ2) is 5.60. The largest absolute Gasteiger partial charge is 0.447 e. The van der Waals surface area contributed by atoms with Crippen LogP contribution in [0.1, 0.15) is 25.1 Å². The van der Waals surface area contributed by atoms with Gasteiger partial charge < -0.3 is 9.64 Å². The number of nitrogens with zero attached hydrogens (tertiary/aromatic N) is 3. The van der Waals surface area contributed by atoms with Crippen LogP contribution in [0.5, 0.6) is 0 Å². The molecule has 0 atom stereocenters. The second-order valence-corrected chi connectivity index (χ2v) is 5.47. The molecule has 0 saturated heterocycles. The number of carbonyl (C=O) groups excluding carboxylic acids is 1. The average molecular weight is 285 g/mol. The summed E-state index contributed by atoms with van der Waals surface area (Å²) in [7, 11) is 0. The highest BCUT2D eigenvalue weighted by Crippen LogP contribution is 2.22. The van der Waals surface area contributed by atoms with Crippen LogP contribution >= 0.6 is 0 Å². The van der Waals surface area contributed by atoms with Crippen molar-refractivity contribution in [1.29, 1.82) is 0 Å².